The van der Waals surface area contributed by atoms with Gasteiger partial charge in [0.05, 0.1) is 13.1 Å². The number of esters is 1. The number of carbonyl (C=O) groups is 1. The summed E-state index contributed by atoms with van der Waals surface area (Å²) in [5, 5.41) is 11.1. The molecule has 0 spiro atoms. The van der Waals surface area contributed by atoms with Crippen LogP contribution >= 0.6 is 0 Å². The minimum Gasteiger partial charge on any atom is -0.462 e. The van der Waals surface area contributed by atoms with Gasteiger partial charge < -0.3 is 14.7 Å². The predicted octanol–water partition coefficient (Wildman–Crippen LogP) is 3.26. The lowest BCUT2D eigenvalue weighted by molar-refractivity contribution is -0.908. The molecule has 4 heteroatoms. The molecule has 1 aromatic rings. The molecule has 2 fully saturated rings. The van der Waals surface area contributed by atoms with Gasteiger partial charge in [-0.05, 0) is 63.9 Å². The number of carbonyl (C=O) groups excluding carboxylic acids is 1. The molecule has 0 bridgehead atoms. The van der Waals surface area contributed by atoms with E-state index in [0.717, 1.165) is 31.5 Å². The Labute approximate surface area is 181 Å². The Bertz CT molecular complexity index is 815. The number of fused-ring (bicyclic) bond motifs is 2. The second-order valence-corrected chi connectivity index (χ2v) is 10.5. The zero-order chi connectivity index (χ0) is 21.5. The summed E-state index contributed by atoms with van der Waals surface area (Å²) < 4.78 is 5.95. The fraction of sp³-hybridized carbons (Fsp3) is 0.654. The third-order valence-corrected chi connectivity index (χ3v) is 8.18. The van der Waals surface area contributed by atoms with Crippen molar-refractivity contribution in [3.63, 3.8) is 0 Å². The van der Waals surface area contributed by atoms with Crippen LogP contribution in [0, 0.1) is 17.3 Å². The summed E-state index contributed by atoms with van der Waals surface area (Å²) in [7, 11) is 0. The molecule has 0 aromatic heterocycles. The highest BCUT2D eigenvalue weighted by Crippen LogP contribution is 2.54. The number of ether oxygens (including phenoxy) is 1. The molecule has 1 aromatic carbocycles. The van der Waals surface area contributed by atoms with Crippen molar-refractivity contribution in [1.29, 1.82) is 0 Å². The maximum absolute atomic E-state index is 12.9. The lowest BCUT2D eigenvalue weighted by Gasteiger charge is -2.45. The van der Waals surface area contributed by atoms with E-state index < -0.39 is 5.60 Å². The van der Waals surface area contributed by atoms with E-state index in [-0.39, 0.29) is 29.3 Å². The molecule has 0 radical (unpaired) electrons. The Balaban J connectivity index is 1.50. The first-order chi connectivity index (χ1) is 14.2. The third kappa shape index (κ3) is 3.97. The van der Waals surface area contributed by atoms with Gasteiger partial charge in [-0.2, -0.15) is 0 Å². The molecule has 1 saturated carbocycles. The van der Waals surface area contributed by atoms with Crippen LogP contribution in [0.25, 0.3) is 0 Å². The summed E-state index contributed by atoms with van der Waals surface area (Å²) in [5.74, 6) is 0.205. The summed E-state index contributed by atoms with van der Waals surface area (Å²) >= 11 is 0. The lowest BCUT2D eigenvalue weighted by atomic mass is 9.59. The highest BCUT2D eigenvalue weighted by atomic mass is 16.6. The molecular formula is C26H38NO3+. The van der Waals surface area contributed by atoms with Gasteiger partial charge in [0, 0.05) is 5.92 Å². The Morgan fingerprint density at radius 1 is 1.30 bits per heavy atom. The standard InChI is InChI=1S/C26H37NO3/c1-5-27(17-26(4,29)19-11-7-6-8-12-19)16-21-20-14-22-18(2)10-9-13-25(22,3)15-23(20)30-24(21)28/h6-8,11-12,20-21,23,29H,5,9-10,13-17H2,1-4H3/p+1. The largest absolute Gasteiger partial charge is 0.462 e. The van der Waals surface area contributed by atoms with Crippen molar-refractivity contribution in [1.82, 2.24) is 0 Å². The van der Waals surface area contributed by atoms with Crippen LogP contribution in [0.2, 0.25) is 0 Å². The van der Waals surface area contributed by atoms with Gasteiger partial charge in [0.1, 0.15) is 24.2 Å². The van der Waals surface area contributed by atoms with Gasteiger partial charge in [0.15, 0.2) is 0 Å². The van der Waals surface area contributed by atoms with Crippen LogP contribution < -0.4 is 4.90 Å². The first-order valence-corrected chi connectivity index (χ1v) is 11.7. The van der Waals surface area contributed by atoms with Crippen LogP contribution in [0.3, 0.4) is 0 Å². The van der Waals surface area contributed by atoms with Gasteiger partial charge in [-0.3, -0.25) is 4.79 Å². The zero-order valence-electron chi connectivity index (χ0n) is 19.0. The minimum absolute atomic E-state index is 0.0178. The van der Waals surface area contributed by atoms with Crippen LogP contribution in [-0.4, -0.2) is 36.8 Å². The monoisotopic (exact) mass is 412 g/mol. The number of aliphatic hydroxyl groups is 1. The summed E-state index contributed by atoms with van der Waals surface area (Å²) in [6, 6.07) is 9.86. The summed E-state index contributed by atoms with van der Waals surface area (Å²) in [4.78, 5) is 14.2. The number of nitrogens with one attached hydrogen (secondary N) is 1. The van der Waals surface area contributed by atoms with Gasteiger partial charge in [-0.25, -0.2) is 0 Å². The van der Waals surface area contributed by atoms with E-state index >= 15 is 0 Å². The second kappa shape index (κ2) is 8.12. The Hall–Kier alpha value is -1.65. The molecule has 1 aliphatic heterocycles. The third-order valence-electron chi connectivity index (χ3n) is 8.18. The quantitative estimate of drug-likeness (QED) is 0.557. The SMILES string of the molecule is CC[NH+](CC1C(=O)OC2CC3(C)CCCC(C)=C3CC21)CC(C)(O)c1ccccc1. The zero-order valence-corrected chi connectivity index (χ0v) is 19.0. The molecule has 2 aliphatic carbocycles. The van der Waals surface area contributed by atoms with Gasteiger partial charge in [0.25, 0.3) is 0 Å². The summed E-state index contributed by atoms with van der Waals surface area (Å²) in [6.07, 6.45) is 5.73. The molecular weight excluding hydrogens is 374 g/mol. The normalized spacial score (nSPS) is 34.0. The van der Waals surface area contributed by atoms with Crippen LogP contribution in [0.15, 0.2) is 41.5 Å². The number of allylic oxidation sites excluding steroid dienone is 2. The number of quaternary nitrogens is 1. The van der Waals surface area contributed by atoms with Gasteiger partial charge in [-0.15, -0.1) is 0 Å². The number of hydrogen-bond acceptors (Lipinski definition) is 3. The molecule has 30 heavy (non-hydrogen) atoms. The molecule has 6 atom stereocenters. The van der Waals surface area contributed by atoms with Crippen LogP contribution in [0.5, 0.6) is 0 Å². The first-order valence-electron chi connectivity index (χ1n) is 11.7. The second-order valence-electron chi connectivity index (χ2n) is 10.5. The predicted molar refractivity (Wildman–Crippen MR) is 118 cm³/mol. The highest BCUT2D eigenvalue weighted by molar-refractivity contribution is 5.75. The maximum Gasteiger partial charge on any atom is 0.315 e. The van der Waals surface area contributed by atoms with E-state index in [2.05, 4.69) is 20.8 Å². The minimum atomic E-state index is -0.915. The van der Waals surface area contributed by atoms with Crippen LogP contribution in [0.4, 0.5) is 0 Å². The summed E-state index contributed by atoms with van der Waals surface area (Å²) in [5.41, 5.74) is 3.38. The van der Waals surface area contributed by atoms with Crippen LogP contribution in [0.1, 0.15) is 65.4 Å². The van der Waals surface area contributed by atoms with Crippen molar-refractivity contribution >= 4 is 5.97 Å². The van der Waals surface area contributed by atoms with Crippen LogP contribution in [-0.2, 0) is 15.1 Å². The Morgan fingerprint density at radius 2 is 2.03 bits per heavy atom. The van der Waals surface area contributed by atoms with Gasteiger partial charge in [0.2, 0.25) is 0 Å². The molecule has 164 valence electrons. The molecule has 2 N–H and O–H groups in total. The lowest BCUT2D eigenvalue weighted by Crippen LogP contribution is -3.14. The van der Waals surface area contributed by atoms with Crippen molar-refractivity contribution in [2.24, 2.45) is 17.3 Å². The first kappa shape index (κ1) is 21.6. The van der Waals surface area contributed by atoms with E-state index in [4.69, 9.17) is 4.74 Å². The maximum atomic E-state index is 12.9. The molecule has 4 rings (SSSR count). The van der Waals surface area contributed by atoms with Gasteiger partial charge in [-0.1, -0.05) is 48.4 Å². The van der Waals surface area contributed by atoms with Crippen molar-refractivity contribution < 1.29 is 19.5 Å². The number of rotatable bonds is 6. The summed E-state index contributed by atoms with van der Waals surface area (Å²) in [6.45, 7) is 10.9. The van der Waals surface area contributed by atoms with Crippen molar-refractivity contribution in [2.45, 2.75) is 71.5 Å². The molecule has 1 heterocycles. The molecule has 0 amide bonds. The highest BCUT2D eigenvalue weighted by Gasteiger charge is 2.54. The topological polar surface area (TPSA) is 51.0 Å². The molecule has 1 saturated heterocycles. The fourth-order valence-corrected chi connectivity index (χ4v) is 6.38. The average molecular weight is 413 g/mol. The smallest absolute Gasteiger partial charge is 0.315 e. The fourth-order valence-electron chi connectivity index (χ4n) is 6.38. The van der Waals surface area contributed by atoms with E-state index in [1.54, 1.807) is 11.1 Å². The molecule has 4 nitrogen and oxygen atoms in total. The molecule has 6 unspecified atom stereocenters. The van der Waals surface area contributed by atoms with Gasteiger partial charge >= 0.3 is 5.97 Å². The van der Waals surface area contributed by atoms with E-state index in [1.165, 1.54) is 24.2 Å². The molecule has 3 aliphatic rings. The van der Waals surface area contributed by atoms with Crippen molar-refractivity contribution in [3.8, 4) is 0 Å². The van der Waals surface area contributed by atoms with Crippen molar-refractivity contribution in [2.75, 3.05) is 19.6 Å². The Kier molecular flexibility index (Phi) is 5.84. The van der Waals surface area contributed by atoms with E-state index in [0.29, 0.717) is 6.54 Å². The average Bonchev–Trinajstić information content (AvgIpc) is 3.00. The number of hydrogen-bond donors (Lipinski definition) is 2. The van der Waals surface area contributed by atoms with E-state index in [1.807, 2.05) is 37.3 Å². The Morgan fingerprint density at radius 3 is 2.73 bits per heavy atom. The van der Waals surface area contributed by atoms with E-state index in [9.17, 15) is 9.90 Å². The number of benzene rings is 1. The number of likely N-dealkylation sites (N-methyl/N-ethyl adjacent to an activating group) is 1. The van der Waals surface area contributed by atoms with Crippen molar-refractivity contribution in [3.05, 3.63) is 47.0 Å².